The predicted octanol–water partition coefficient (Wildman–Crippen LogP) is 3.21. The van der Waals surface area contributed by atoms with Crippen molar-refractivity contribution in [3.8, 4) is 0 Å². The number of nitrogens with zero attached hydrogens (tertiary/aromatic N) is 2. The Hall–Kier alpha value is -2.89. The first kappa shape index (κ1) is 17.9. The van der Waals surface area contributed by atoms with Crippen LogP contribution >= 0.6 is 0 Å². The fourth-order valence-corrected chi connectivity index (χ4v) is 2.98. The highest BCUT2D eigenvalue weighted by Gasteiger charge is 2.22. The molecule has 2 aromatic rings. The average molecular weight is 353 g/mol. The molecule has 0 bridgehead atoms. The molecule has 0 amide bonds. The van der Waals surface area contributed by atoms with E-state index < -0.39 is 0 Å². The molecule has 26 heavy (non-hydrogen) atoms. The van der Waals surface area contributed by atoms with Crippen molar-refractivity contribution in [3.05, 3.63) is 51.5 Å². The number of carbonyl (C=O) groups is 1. The molecular formula is C20H23N3O3. The number of anilines is 1. The van der Waals surface area contributed by atoms with Crippen LogP contribution in [0.1, 0.15) is 37.9 Å². The monoisotopic (exact) mass is 353 g/mol. The van der Waals surface area contributed by atoms with Crippen LogP contribution < -0.4 is 10.7 Å². The summed E-state index contributed by atoms with van der Waals surface area (Å²) in [6, 6.07) is 4.03. The zero-order valence-corrected chi connectivity index (χ0v) is 15.0. The number of nitrogens with one attached hydrogen (secondary N) is 1. The van der Waals surface area contributed by atoms with E-state index in [0.717, 1.165) is 36.9 Å². The van der Waals surface area contributed by atoms with Crippen molar-refractivity contribution in [3.63, 3.8) is 0 Å². The van der Waals surface area contributed by atoms with Crippen LogP contribution in [-0.4, -0.2) is 27.0 Å². The van der Waals surface area contributed by atoms with Gasteiger partial charge in [-0.2, -0.15) is 0 Å². The van der Waals surface area contributed by atoms with Crippen LogP contribution in [0, 0.1) is 0 Å². The summed E-state index contributed by atoms with van der Waals surface area (Å²) in [5.74, 6) is 0.725. The van der Waals surface area contributed by atoms with E-state index in [-0.39, 0.29) is 12.0 Å². The summed E-state index contributed by atoms with van der Waals surface area (Å²) in [5.41, 5.74) is 2.32. The molecule has 6 heteroatoms. The number of allylic oxidation sites excluding steroid dienone is 2. The summed E-state index contributed by atoms with van der Waals surface area (Å²) in [7, 11) is 0. The maximum Gasteiger partial charge on any atom is 0.198 e. The molecule has 2 heterocycles. The van der Waals surface area contributed by atoms with Gasteiger partial charge in [0.15, 0.2) is 5.43 Å². The summed E-state index contributed by atoms with van der Waals surface area (Å²) in [5, 5.41) is 12.9. The smallest absolute Gasteiger partial charge is 0.198 e. The van der Waals surface area contributed by atoms with Gasteiger partial charge in [0.25, 0.3) is 0 Å². The van der Waals surface area contributed by atoms with E-state index in [0.29, 0.717) is 34.6 Å². The largest absolute Gasteiger partial charge is 0.515 e. The summed E-state index contributed by atoms with van der Waals surface area (Å²) >= 11 is 0. The second kappa shape index (κ2) is 7.56. The standard InChI is InChI=1S/C20H23N3O3/c1-3-17-15(7-4-13(2)12-25)19(26)16-8-9-18(21-14-5-6-14)22-20(16)23(17)10-11-24/h4,7-9,11-12,14,25H,3,5-6,10H2,1-2H3,(H,21,22)/b7-4-,13-12+. The number of hydrogen-bond acceptors (Lipinski definition) is 5. The summed E-state index contributed by atoms with van der Waals surface area (Å²) < 4.78 is 1.81. The van der Waals surface area contributed by atoms with Crippen molar-refractivity contribution in [2.75, 3.05) is 5.32 Å². The Balaban J connectivity index is 2.24. The third-order valence-electron chi connectivity index (χ3n) is 4.49. The molecule has 0 aliphatic heterocycles. The number of hydrogen-bond donors (Lipinski definition) is 2. The summed E-state index contributed by atoms with van der Waals surface area (Å²) in [6.45, 7) is 3.82. The highest BCUT2D eigenvalue weighted by atomic mass is 16.2. The second-order valence-electron chi connectivity index (χ2n) is 6.51. The summed E-state index contributed by atoms with van der Waals surface area (Å²) in [4.78, 5) is 28.9. The van der Waals surface area contributed by atoms with Crippen LogP contribution in [0.5, 0.6) is 0 Å². The van der Waals surface area contributed by atoms with E-state index in [1.54, 1.807) is 29.7 Å². The van der Waals surface area contributed by atoms with Gasteiger partial charge in [-0.1, -0.05) is 13.0 Å². The predicted molar refractivity (Wildman–Crippen MR) is 104 cm³/mol. The second-order valence-corrected chi connectivity index (χ2v) is 6.51. The molecule has 0 radical (unpaired) electrons. The third kappa shape index (κ3) is 3.54. The van der Waals surface area contributed by atoms with Gasteiger partial charge in [0, 0.05) is 17.3 Å². The molecule has 1 saturated carbocycles. The number of aliphatic hydroxyl groups is 1. The van der Waals surface area contributed by atoms with E-state index >= 15 is 0 Å². The van der Waals surface area contributed by atoms with Crippen molar-refractivity contribution in [2.24, 2.45) is 0 Å². The fraction of sp³-hybridized carbons (Fsp3) is 0.350. The highest BCUT2D eigenvalue weighted by Crippen LogP contribution is 2.25. The van der Waals surface area contributed by atoms with Gasteiger partial charge in [0.1, 0.15) is 17.8 Å². The zero-order valence-electron chi connectivity index (χ0n) is 15.0. The Morgan fingerprint density at radius 1 is 1.42 bits per heavy atom. The molecule has 0 aromatic carbocycles. The Bertz CT molecular complexity index is 953. The minimum atomic E-state index is -0.119. The first-order valence-electron chi connectivity index (χ1n) is 8.84. The molecule has 2 aromatic heterocycles. The SMILES string of the molecule is CCc1c(/C=C\C(C)=C\O)c(=O)c2ccc(NC3CC3)nc2n1CC=O. The number of aldehydes is 1. The lowest BCUT2D eigenvalue weighted by Crippen LogP contribution is -2.20. The normalized spacial score (nSPS) is 14.9. The van der Waals surface area contributed by atoms with E-state index in [2.05, 4.69) is 10.3 Å². The Morgan fingerprint density at radius 3 is 2.81 bits per heavy atom. The third-order valence-corrected chi connectivity index (χ3v) is 4.49. The van der Waals surface area contributed by atoms with Crippen molar-refractivity contribution < 1.29 is 9.90 Å². The van der Waals surface area contributed by atoms with Gasteiger partial charge in [-0.3, -0.25) is 4.79 Å². The summed E-state index contributed by atoms with van der Waals surface area (Å²) in [6.07, 6.45) is 8.03. The number of pyridine rings is 2. The van der Waals surface area contributed by atoms with Crippen molar-refractivity contribution >= 4 is 29.2 Å². The lowest BCUT2D eigenvalue weighted by molar-refractivity contribution is -0.108. The molecule has 0 saturated heterocycles. The lowest BCUT2D eigenvalue weighted by atomic mass is 10.1. The van der Waals surface area contributed by atoms with Gasteiger partial charge in [-0.15, -0.1) is 0 Å². The minimum absolute atomic E-state index is 0.119. The van der Waals surface area contributed by atoms with E-state index in [1.807, 2.05) is 13.0 Å². The van der Waals surface area contributed by atoms with Crippen molar-refractivity contribution in [1.82, 2.24) is 9.55 Å². The first-order valence-corrected chi connectivity index (χ1v) is 8.84. The zero-order chi connectivity index (χ0) is 18.7. The Morgan fingerprint density at radius 2 is 2.19 bits per heavy atom. The molecule has 0 spiro atoms. The molecule has 1 aliphatic rings. The fourth-order valence-electron chi connectivity index (χ4n) is 2.98. The molecule has 136 valence electrons. The van der Waals surface area contributed by atoms with Crippen LogP contribution in [-0.2, 0) is 17.8 Å². The van der Waals surface area contributed by atoms with Crippen LogP contribution in [0.25, 0.3) is 17.1 Å². The Kier molecular flexibility index (Phi) is 5.21. The van der Waals surface area contributed by atoms with Gasteiger partial charge >= 0.3 is 0 Å². The van der Waals surface area contributed by atoms with E-state index in [1.165, 1.54) is 0 Å². The van der Waals surface area contributed by atoms with Crippen molar-refractivity contribution in [1.29, 1.82) is 0 Å². The maximum absolute atomic E-state index is 13.0. The van der Waals surface area contributed by atoms with Gasteiger partial charge < -0.3 is 19.8 Å². The Labute approximate surface area is 151 Å². The van der Waals surface area contributed by atoms with Crippen LogP contribution in [0.15, 0.2) is 34.8 Å². The topological polar surface area (TPSA) is 84.2 Å². The highest BCUT2D eigenvalue weighted by molar-refractivity contribution is 5.81. The van der Waals surface area contributed by atoms with Crippen LogP contribution in [0.2, 0.25) is 0 Å². The van der Waals surface area contributed by atoms with Crippen LogP contribution in [0.4, 0.5) is 5.82 Å². The van der Waals surface area contributed by atoms with E-state index in [9.17, 15) is 9.59 Å². The van der Waals surface area contributed by atoms with Gasteiger partial charge in [0.05, 0.1) is 18.2 Å². The molecule has 0 unspecified atom stereocenters. The number of rotatable bonds is 7. The van der Waals surface area contributed by atoms with Gasteiger partial charge in [0.2, 0.25) is 0 Å². The molecule has 2 N–H and O–H groups in total. The number of carbonyl (C=O) groups excluding carboxylic acids is 1. The average Bonchev–Trinajstić information content (AvgIpc) is 3.46. The number of aliphatic hydroxyl groups excluding tert-OH is 1. The van der Waals surface area contributed by atoms with Crippen molar-refractivity contribution in [2.45, 2.75) is 45.7 Å². The quantitative estimate of drug-likeness (QED) is 0.454. The number of aromatic nitrogens is 2. The van der Waals surface area contributed by atoms with Gasteiger partial charge in [-0.25, -0.2) is 4.98 Å². The molecular weight excluding hydrogens is 330 g/mol. The maximum atomic E-state index is 13.0. The minimum Gasteiger partial charge on any atom is -0.515 e. The number of fused-ring (bicyclic) bond motifs is 1. The molecule has 1 aliphatic carbocycles. The van der Waals surface area contributed by atoms with E-state index in [4.69, 9.17) is 5.11 Å². The molecule has 6 nitrogen and oxygen atoms in total. The molecule has 1 fully saturated rings. The lowest BCUT2D eigenvalue weighted by Gasteiger charge is -2.17. The first-order chi connectivity index (χ1) is 12.6. The molecule has 3 rings (SSSR count). The van der Waals surface area contributed by atoms with Gasteiger partial charge in [-0.05, 0) is 50.0 Å². The molecule has 0 atom stereocenters. The van der Waals surface area contributed by atoms with Crippen LogP contribution in [0.3, 0.4) is 0 Å².